The van der Waals surface area contributed by atoms with Gasteiger partial charge in [-0.15, -0.1) is 0 Å². The van der Waals surface area contributed by atoms with E-state index in [-0.39, 0.29) is 5.91 Å². The van der Waals surface area contributed by atoms with Crippen molar-refractivity contribution in [3.63, 3.8) is 0 Å². The summed E-state index contributed by atoms with van der Waals surface area (Å²) >= 11 is 0. The van der Waals surface area contributed by atoms with E-state index >= 15 is 0 Å². The summed E-state index contributed by atoms with van der Waals surface area (Å²) in [6, 6.07) is 0. The number of aromatic nitrogens is 1. The van der Waals surface area contributed by atoms with Crippen LogP contribution in [0.1, 0.15) is 23.2 Å². The van der Waals surface area contributed by atoms with Crippen LogP contribution >= 0.6 is 0 Å². The number of hydrogen-bond acceptors (Lipinski definition) is 3. The summed E-state index contributed by atoms with van der Waals surface area (Å²) in [5.74, 6) is 0.476. The average Bonchev–Trinajstić information content (AvgIpc) is 2.48. The lowest BCUT2D eigenvalue weighted by Crippen LogP contribution is -2.26. The van der Waals surface area contributed by atoms with Crippen LogP contribution in [-0.2, 0) is 0 Å². The molecule has 0 fully saturated rings. The first-order valence-electron chi connectivity index (χ1n) is 3.82. The molecule has 0 radical (unpaired) electrons. The highest BCUT2D eigenvalue weighted by Crippen LogP contribution is 2.06. The topological polar surface area (TPSA) is 46.3 Å². The quantitative estimate of drug-likeness (QED) is 0.663. The Hall–Kier alpha value is -1.32. The number of rotatable bonds is 2. The molecule has 4 heteroatoms. The summed E-state index contributed by atoms with van der Waals surface area (Å²) in [4.78, 5) is 16.9. The molecular weight excluding hydrogens is 156 g/mol. The maximum atomic E-state index is 11.5. The van der Waals surface area contributed by atoms with Crippen molar-refractivity contribution in [3.8, 4) is 0 Å². The second-order valence-corrected chi connectivity index (χ2v) is 2.58. The molecule has 0 saturated heterocycles. The van der Waals surface area contributed by atoms with E-state index in [2.05, 4.69) is 4.98 Å². The van der Waals surface area contributed by atoms with Crippen LogP contribution in [0.2, 0.25) is 0 Å². The maximum absolute atomic E-state index is 11.5. The van der Waals surface area contributed by atoms with Gasteiger partial charge in [0.15, 0.2) is 12.1 Å². The van der Waals surface area contributed by atoms with Gasteiger partial charge in [0.2, 0.25) is 0 Å². The third-order valence-corrected chi connectivity index (χ3v) is 1.77. The molecule has 0 atom stereocenters. The number of oxazole rings is 1. The van der Waals surface area contributed by atoms with Crippen molar-refractivity contribution in [2.45, 2.75) is 13.8 Å². The number of nitrogens with zero attached hydrogens (tertiary/aromatic N) is 2. The Kier molecular flexibility index (Phi) is 2.47. The molecule has 1 rings (SSSR count). The van der Waals surface area contributed by atoms with Crippen LogP contribution in [0.15, 0.2) is 10.8 Å². The first-order chi connectivity index (χ1) is 5.66. The van der Waals surface area contributed by atoms with Crippen LogP contribution in [0.5, 0.6) is 0 Å². The fourth-order valence-corrected chi connectivity index (χ4v) is 0.835. The highest BCUT2D eigenvalue weighted by Gasteiger charge is 2.15. The summed E-state index contributed by atoms with van der Waals surface area (Å²) in [6.45, 7) is 4.31. The Bertz CT molecular complexity index is 280. The van der Waals surface area contributed by atoms with Crippen molar-refractivity contribution in [2.75, 3.05) is 13.6 Å². The van der Waals surface area contributed by atoms with E-state index in [9.17, 15) is 4.79 Å². The number of carbonyl (C=O) groups excluding carboxylic acids is 1. The van der Waals surface area contributed by atoms with Crippen LogP contribution < -0.4 is 0 Å². The van der Waals surface area contributed by atoms with Gasteiger partial charge < -0.3 is 9.32 Å². The average molecular weight is 168 g/mol. The molecule has 66 valence electrons. The Labute approximate surface area is 71.2 Å². The lowest BCUT2D eigenvalue weighted by Gasteiger charge is -2.12. The molecule has 1 aromatic rings. The molecule has 0 aliphatic heterocycles. The van der Waals surface area contributed by atoms with E-state index in [4.69, 9.17) is 4.42 Å². The fraction of sp³-hybridized carbons (Fsp3) is 0.500. The Balaban J connectivity index is 2.85. The van der Waals surface area contributed by atoms with Crippen molar-refractivity contribution >= 4 is 5.91 Å². The van der Waals surface area contributed by atoms with E-state index in [0.29, 0.717) is 18.0 Å². The summed E-state index contributed by atoms with van der Waals surface area (Å²) in [7, 11) is 1.73. The normalized spacial score (nSPS) is 9.92. The minimum absolute atomic E-state index is 0.0937. The lowest BCUT2D eigenvalue weighted by molar-refractivity contribution is 0.0795. The molecule has 0 spiro atoms. The van der Waals surface area contributed by atoms with Crippen LogP contribution in [0.25, 0.3) is 0 Å². The molecule has 1 aromatic heterocycles. The van der Waals surface area contributed by atoms with Crippen molar-refractivity contribution in [1.82, 2.24) is 9.88 Å². The fourth-order valence-electron chi connectivity index (χ4n) is 0.835. The highest BCUT2D eigenvalue weighted by atomic mass is 16.3. The van der Waals surface area contributed by atoms with E-state index in [1.807, 2.05) is 6.92 Å². The molecule has 0 aliphatic rings. The van der Waals surface area contributed by atoms with Gasteiger partial charge in [0.05, 0.1) is 0 Å². The number of aryl methyl sites for hydroxylation is 1. The van der Waals surface area contributed by atoms with Crippen molar-refractivity contribution in [3.05, 3.63) is 17.8 Å². The highest BCUT2D eigenvalue weighted by molar-refractivity contribution is 5.92. The second kappa shape index (κ2) is 3.38. The molecule has 1 heterocycles. The Morgan fingerprint density at radius 3 is 2.83 bits per heavy atom. The van der Waals surface area contributed by atoms with Gasteiger partial charge >= 0.3 is 0 Å². The van der Waals surface area contributed by atoms with Gasteiger partial charge in [-0.1, -0.05) is 0 Å². The van der Waals surface area contributed by atoms with Crippen LogP contribution in [0.4, 0.5) is 0 Å². The standard InChI is InChI=1S/C8H12N2O2/c1-4-10(3)8(11)7-6(2)12-5-9-7/h5H,4H2,1-3H3. The van der Waals surface area contributed by atoms with E-state index < -0.39 is 0 Å². The molecule has 0 aromatic carbocycles. The number of amides is 1. The summed E-state index contributed by atoms with van der Waals surface area (Å²) in [6.07, 6.45) is 1.28. The molecule has 0 N–H and O–H groups in total. The first-order valence-corrected chi connectivity index (χ1v) is 3.82. The van der Waals surface area contributed by atoms with Crippen LogP contribution in [0, 0.1) is 6.92 Å². The maximum Gasteiger partial charge on any atom is 0.275 e. The molecule has 1 amide bonds. The zero-order chi connectivity index (χ0) is 9.14. The molecular formula is C8H12N2O2. The van der Waals surface area contributed by atoms with E-state index in [1.165, 1.54) is 6.39 Å². The number of carbonyl (C=O) groups is 1. The van der Waals surface area contributed by atoms with Crippen LogP contribution in [0.3, 0.4) is 0 Å². The van der Waals surface area contributed by atoms with E-state index in [1.54, 1.807) is 18.9 Å². The Morgan fingerprint density at radius 2 is 2.42 bits per heavy atom. The predicted molar refractivity (Wildman–Crippen MR) is 43.9 cm³/mol. The largest absolute Gasteiger partial charge is 0.448 e. The smallest absolute Gasteiger partial charge is 0.275 e. The predicted octanol–water partition coefficient (Wildman–Crippen LogP) is 1.07. The molecule has 0 bridgehead atoms. The van der Waals surface area contributed by atoms with Gasteiger partial charge in [0.1, 0.15) is 5.76 Å². The Morgan fingerprint density at radius 1 is 1.75 bits per heavy atom. The monoisotopic (exact) mass is 168 g/mol. The van der Waals surface area contributed by atoms with Gasteiger partial charge in [0.25, 0.3) is 5.91 Å². The molecule has 0 unspecified atom stereocenters. The zero-order valence-electron chi connectivity index (χ0n) is 7.50. The van der Waals surface area contributed by atoms with Gasteiger partial charge in [-0.3, -0.25) is 4.79 Å². The van der Waals surface area contributed by atoms with Crippen molar-refractivity contribution < 1.29 is 9.21 Å². The third kappa shape index (κ3) is 1.47. The summed E-state index contributed by atoms with van der Waals surface area (Å²) < 4.78 is 4.92. The van der Waals surface area contributed by atoms with Crippen molar-refractivity contribution in [1.29, 1.82) is 0 Å². The molecule has 12 heavy (non-hydrogen) atoms. The third-order valence-electron chi connectivity index (χ3n) is 1.77. The zero-order valence-corrected chi connectivity index (χ0v) is 7.50. The molecule has 0 aliphatic carbocycles. The minimum Gasteiger partial charge on any atom is -0.448 e. The first kappa shape index (κ1) is 8.77. The van der Waals surface area contributed by atoms with Gasteiger partial charge in [0, 0.05) is 13.6 Å². The number of hydrogen-bond donors (Lipinski definition) is 0. The van der Waals surface area contributed by atoms with Crippen molar-refractivity contribution in [2.24, 2.45) is 0 Å². The van der Waals surface area contributed by atoms with Gasteiger partial charge in [-0.25, -0.2) is 4.98 Å². The van der Waals surface area contributed by atoms with Crippen LogP contribution in [-0.4, -0.2) is 29.4 Å². The minimum atomic E-state index is -0.0937. The van der Waals surface area contributed by atoms with Gasteiger partial charge in [-0.2, -0.15) is 0 Å². The summed E-state index contributed by atoms with van der Waals surface area (Å²) in [5.41, 5.74) is 0.402. The van der Waals surface area contributed by atoms with E-state index in [0.717, 1.165) is 0 Å². The molecule has 4 nitrogen and oxygen atoms in total. The lowest BCUT2D eigenvalue weighted by atomic mass is 10.3. The second-order valence-electron chi connectivity index (χ2n) is 2.58. The SMILES string of the molecule is CCN(C)C(=O)c1ncoc1C. The van der Waals surface area contributed by atoms with Gasteiger partial charge in [-0.05, 0) is 13.8 Å². The summed E-state index contributed by atoms with van der Waals surface area (Å²) in [5, 5.41) is 0. The molecule has 0 saturated carbocycles.